The third-order valence-corrected chi connectivity index (χ3v) is 4.91. The first-order valence-corrected chi connectivity index (χ1v) is 6.77. The first-order chi connectivity index (χ1) is 8.25. The second kappa shape index (κ2) is 4.33. The molecule has 3 rings (SSSR count). The van der Waals surface area contributed by atoms with E-state index in [2.05, 4.69) is 15.9 Å². The van der Waals surface area contributed by atoms with Crippen molar-refractivity contribution < 1.29 is 9.53 Å². The number of likely N-dealkylation sites (tertiary alicyclic amines) is 1. The van der Waals surface area contributed by atoms with Crippen molar-refractivity contribution in [1.29, 1.82) is 0 Å². The molecule has 4 heteroatoms. The zero-order valence-corrected chi connectivity index (χ0v) is 11.0. The smallest absolute Gasteiger partial charge is 0.410 e. The van der Waals surface area contributed by atoms with Crippen molar-refractivity contribution in [3.05, 3.63) is 35.9 Å². The molecule has 90 valence electrons. The number of ether oxygens (including phenoxy) is 1. The molecule has 0 aromatic heterocycles. The summed E-state index contributed by atoms with van der Waals surface area (Å²) in [7, 11) is 0. The van der Waals surface area contributed by atoms with Crippen molar-refractivity contribution in [2.24, 2.45) is 11.8 Å². The van der Waals surface area contributed by atoms with Gasteiger partial charge in [0.25, 0.3) is 0 Å². The Labute approximate surface area is 109 Å². The number of carbonyl (C=O) groups is 1. The van der Waals surface area contributed by atoms with E-state index in [0.29, 0.717) is 23.3 Å². The minimum atomic E-state index is -0.180. The zero-order chi connectivity index (χ0) is 11.8. The summed E-state index contributed by atoms with van der Waals surface area (Å²) in [5.41, 5.74) is 1.03. The Hall–Kier alpha value is -1.03. The molecular weight excluding hydrogens is 282 g/mol. The van der Waals surface area contributed by atoms with Gasteiger partial charge in [0.1, 0.15) is 6.61 Å². The van der Waals surface area contributed by atoms with Gasteiger partial charge in [-0.25, -0.2) is 4.79 Å². The molecule has 0 radical (unpaired) electrons. The number of hydrogen-bond donors (Lipinski definition) is 0. The monoisotopic (exact) mass is 295 g/mol. The molecule has 1 aromatic carbocycles. The van der Waals surface area contributed by atoms with Gasteiger partial charge in [0.2, 0.25) is 0 Å². The van der Waals surface area contributed by atoms with Crippen molar-refractivity contribution in [1.82, 2.24) is 4.90 Å². The number of hydrogen-bond acceptors (Lipinski definition) is 2. The molecule has 1 amide bonds. The molecule has 1 aliphatic heterocycles. The average Bonchev–Trinajstić information content (AvgIpc) is 2.81. The Balaban J connectivity index is 1.49. The highest BCUT2D eigenvalue weighted by atomic mass is 79.9. The van der Waals surface area contributed by atoms with Crippen LogP contribution in [0.4, 0.5) is 4.79 Å². The van der Waals surface area contributed by atoms with Crippen LogP contribution in [0.1, 0.15) is 5.56 Å². The van der Waals surface area contributed by atoms with Gasteiger partial charge in [0.05, 0.1) is 0 Å². The normalized spacial score (nSPS) is 29.9. The van der Waals surface area contributed by atoms with Crippen LogP contribution in [0.3, 0.4) is 0 Å². The van der Waals surface area contributed by atoms with E-state index in [9.17, 15) is 4.79 Å². The number of piperidine rings is 1. The minimum Gasteiger partial charge on any atom is -0.445 e. The van der Waals surface area contributed by atoms with Crippen LogP contribution in [0.5, 0.6) is 0 Å². The van der Waals surface area contributed by atoms with Crippen LogP contribution in [0.2, 0.25) is 0 Å². The summed E-state index contributed by atoms with van der Waals surface area (Å²) in [6.07, 6.45) is -0.180. The molecule has 1 saturated carbocycles. The molecular formula is C13H14BrNO2. The third-order valence-electron chi connectivity index (χ3n) is 3.55. The molecule has 2 fully saturated rings. The fourth-order valence-electron chi connectivity index (χ4n) is 2.41. The van der Waals surface area contributed by atoms with Crippen molar-refractivity contribution in [3.63, 3.8) is 0 Å². The maximum atomic E-state index is 11.8. The van der Waals surface area contributed by atoms with Crippen molar-refractivity contribution in [3.8, 4) is 0 Å². The Morgan fingerprint density at radius 3 is 2.59 bits per heavy atom. The highest BCUT2D eigenvalue weighted by Crippen LogP contribution is 2.50. The summed E-state index contributed by atoms with van der Waals surface area (Å²) in [6, 6.07) is 9.77. The van der Waals surface area contributed by atoms with E-state index in [1.54, 1.807) is 0 Å². The Kier molecular flexibility index (Phi) is 2.82. The summed E-state index contributed by atoms with van der Waals surface area (Å²) in [5.74, 6) is 1.30. The predicted octanol–water partition coefficient (Wildman–Crippen LogP) is 2.65. The highest BCUT2D eigenvalue weighted by Gasteiger charge is 2.55. The lowest BCUT2D eigenvalue weighted by atomic mass is 10.2. The van der Waals surface area contributed by atoms with Crippen molar-refractivity contribution in [2.45, 2.75) is 11.4 Å². The molecule has 1 aliphatic carbocycles. The molecule has 17 heavy (non-hydrogen) atoms. The first kappa shape index (κ1) is 11.1. The Morgan fingerprint density at radius 2 is 1.94 bits per heavy atom. The summed E-state index contributed by atoms with van der Waals surface area (Å²) in [5, 5.41) is 0. The maximum absolute atomic E-state index is 11.8. The van der Waals surface area contributed by atoms with E-state index in [-0.39, 0.29) is 6.09 Å². The lowest BCUT2D eigenvalue weighted by Gasteiger charge is -2.18. The Bertz CT molecular complexity index is 411. The van der Waals surface area contributed by atoms with E-state index in [1.165, 1.54) is 0 Å². The van der Waals surface area contributed by atoms with Gasteiger partial charge < -0.3 is 9.64 Å². The average molecular weight is 296 g/mol. The summed E-state index contributed by atoms with van der Waals surface area (Å²) in [6.45, 7) is 2.05. The first-order valence-electron chi connectivity index (χ1n) is 5.85. The second-order valence-corrected chi connectivity index (χ2v) is 5.77. The van der Waals surface area contributed by atoms with Gasteiger partial charge in [0, 0.05) is 17.9 Å². The largest absolute Gasteiger partial charge is 0.445 e. The molecule has 0 N–H and O–H groups in total. The standard InChI is InChI=1S/C13H14BrNO2/c14-12-10-6-15(7-11(10)12)13(16)17-8-9-4-2-1-3-5-9/h1-5,10-12H,6-8H2/t10-,11+,12?. The topological polar surface area (TPSA) is 29.5 Å². The van der Waals surface area contributed by atoms with Crippen LogP contribution in [0, 0.1) is 11.8 Å². The SMILES string of the molecule is O=C(OCc1ccccc1)N1C[C@@H]2C(Br)[C@@H]2C1. The summed E-state index contributed by atoms with van der Waals surface area (Å²) in [4.78, 5) is 14.2. The minimum absolute atomic E-state index is 0.180. The molecule has 1 heterocycles. The van der Waals surface area contributed by atoms with Gasteiger partial charge in [0.15, 0.2) is 0 Å². The fourth-order valence-corrected chi connectivity index (χ4v) is 3.36. The van der Waals surface area contributed by atoms with E-state index in [0.717, 1.165) is 18.7 Å². The van der Waals surface area contributed by atoms with Gasteiger partial charge in [-0.15, -0.1) is 0 Å². The highest BCUT2D eigenvalue weighted by molar-refractivity contribution is 9.09. The van der Waals surface area contributed by atoms with Crippen LogP contribution in [-0.4, -0.2) is 28.9 Å². The number of alkyl halides is 1. The van der Waals surface area contributed by atoms with Crippen LogP contribution in [0.25, 0.3) is 0 Å². The van der Waals surface area contributed by atoms with E-state index < -0.39 is 0 Å². The van der Waals surface area contributed by atoms with Gasteiger partial charge in [-0.2, -0.15) is 0 Å². The number of carbonyl (C=O) groups excluding carboxylic acids is 1. The van der Waals surface area contributed by atoms with Gasteiger partial charge in [-0.05, 0) is 17.4 Å². The van der Waals surface area contributed by atoms with Gasteiger partial charge in [-0.1, -0.05) is 46.3 Å². The van der Waals surface area contributed by atoms with Gasteiger partial charge >= 0.3 is 6.09 Å². The summed E-state index contributed by atoms with van der Waals surface area (Å²) >= 11 is 3.60. The lowest BCUT2D eigenvalue weighted by Crippen LogP contribution is -2.32. The molecule has 1 saturated heterocycles. The molecule has 0 bridgehead atoms. The van der Waals surface area contributed by atoms with Crippen molar-refractivity contribution >= 4 is 22.0 Å². The van der Waals surface area contributed by atoms with Crippen LogP contribution >= 0.6 is 15.9 Å². The van der Waals surface area contributed by atoms with E-state index >= 15 is 0 Å². The number of fused-ring (bicyclic) bond motifs is 1. The third kappa shape index (κ3) is 2.18. The quantitative estimate of drug-likeness (QED) is 0.785. The van der Waals surface area contributed by atoms with Crippen molar-refractivity contribution in [2.75, 3.05) is 13.1 Å². The van der Waals surface area contributed by atoms with Crippen LogP contribution < -0.4 is 0 Å². The molecule has 1 unspecified atom stereocenters. The number of nitrogens with zero attached hydrogens (tertiary/aromatic N) is 1. The molecule has 2 aliphatic rings. The van der Waals surface area contributed by atoms with E-state index in [1.807, 2.05) is 35.2 Å². The maximum Gasteiger partial charge on any atom is 0.410 e. The zero-order valence-electron chi connectivity index (χ0n) is 9.38. The molecule has 1 aromatic rings. The molecule has 3 nitrogen and oxygen atoms in total. The van der Waals surface area contributed by atoms with Crippen LogP contribution in [0.15, 0.2) is 30.3 Å². The lowest BCUT2D eigenvalue weighted by molar-refractivity contribution is 0.101. The number of benzene rings is 1. The number of halogens is 1. The number of amides is 1. The van der Waals surface area contributed by atoms with Crippen LogP contribution in [-0.2, 0) is 11.3 Å². The van der Waals surface area contributed by atoms with E-state index in [4.69, 9.17) is 4.74 Å². The predicted molar refractivity (Wildman–Crippen MR) is 67.9 cm³/mol. The molecule has 3 atom stereocenters. The fraction of sp³-hybridized carbons (Fsp3) is 0.462. The number of rotatable bonds is 2. The second-order valence-electron chi connectivity index (χ2n) is 4.72. The Morgan fingerprint density at radius 1 is 1.29 bits per heavy atom. The molecule has 0 spiro atoms. The summed E-state index contributed by atoms with van der Waals surface area (Å²) < 4.78 is 5.29. The van der Waals surface area contributed by atoms with Gasteiger partial charge in [-0.3, -0.25) is 0 Å².